The van der Waals surface area contributed by atoms with Gasteiger partial charge in [0, 0.05) is 4.47 Å². The number of carbonyl (C=O) groups is 1. The number of rotatable bonds is 2. The van der Waals surface area contributed by atoms with Gasteiger partial charge in [0.1, 0.15) is 17.6 Å². The van der Waals surface area contributed by atoms with Crippen molar-refractivity contribution in [3.63, 3.8) is 0 Å². The quantitative estimate of drug-likeness (QED) is 0.924. The standard InChI is InChI=1S/C13H7BrFN3O/c14-9-2-1-8(6-16)12(5-9)18-13(19)11-4-3-10(15)7-17-11/h1-5,7H,(H,18,19). The van der Waals surface area contributed by atoms with Crippen molar-refractivity contribution in [3.05, 3.63) is 58.1 Å². The van der Waals surface area contributed by atoms with E-state index in [0.29, 0.717) is 11.3 Å². The molecule has 1 heterocycles. The van der Waals surface area contributed by atoms with E-state index in [1.54, 1.807) is 18.2 Å². The molecule has 0 aliphatic rings. The maximum atomic E-state index is 12.7. The molecule has 2 aromatic rings. The molecule has 1 aromatic heterocycles. The molecule has 0 saturated heterocycles. The van der Waals surface area contributed by atoms with E-state index in [0.717, 1.165) is 16.7 Å². The van der Waals surface area contributed by atoms with Crippen molar-refractivity contribution in [2.45, 2.75) is 0 Å². The zero-order chi connectivity index (χ0) is 13.8. The van der Waals surface area contributed by atoms with E-state index >= 15 is 0 Å². The molecule has 0 spiro atoms. The van der Waals surface area contributed by atoms with Crippen LogP contribution in [0.4, 0.5) is 10.1 Å². The number of aromatic nitrogens is 1. The Morgan fingerprint density at radius 1 is 1.37 bits per heavy atom. The normalized spacial score (nSPS) is 9.74. The first-order valence-electron chi connectivity index (χ1n) is 5.22. The minimum atomic E-state index is -0.517. The second-order valence-electron chi connectivity index (χ2n) is 3.62. The molecule has 0 radical (unpaired) electrons. The van der Waals surface area contributed by atoms with E-state index in [1.807, 2.05) is 6.07 Å². The lowest BCUT2D eigenvalue weighted by molar-refractivity contribution is 0.102. The van der Waals surface area contributed by atoms with Gasteiger partial charge in [-0.3, -0.25) is 4.79 Å². The van der Waals surface area contributed by atoms with Crippen molar-refractivity contribution in [1.82, 2.24) is 4.98 Å². The first-order valence-corrected chi connectivity index (χ1v) is 6.02. The van der Waals surface area contributed by atoms with E-state index in [2.05, 4.69) is 26.2 Å². The van der Waals surface area contributed by atoms with Gasteiger partial charge in [0.05, 0.1) is 17.4 Å². The molecular weight excluding hydrogens is 313 g/mol. The molecule has 2 rings (SSSR count). The average Bonchev–Trinajstić information content (AvgIpc) is 2.39. The fraction of sp³-hybridized carbons (Fsp3) is 0. The van der Waals surface area contributed by atoms with Crippen LogP contribution < -0.4 is 5.32 Å². The summed E-state index contributed by atoms with van der Waals surface area (Å²) in [6.07, 6.45) is 0.959. The zero-order valence-electron chi connectivity index (χ0n) is 9.52. The first-order chi connectivity index (χ1) is 9.10. The van der Waals surface area contributed by atoms with E-state index in [9.17, 15) is 9.18 Å². The van der Waals surface area contributed by atoms with Crippen LogP contribution in [-0.4, -0.2) is 10.9 Å². The predicted molar refractivity (Wildman–Crippen MR) is 71.0 cm³/mol. The second kappa shape index (κ2) is 5.59. The monoisotopic (exact) mass is 319 g/mol. The van der Waals surface area contributed by atoms with Gasteiger partial charge in [0.15, 0.2) is 0 Å². The maximum Gasteiger partial charge on any atom is 0.274 e. The van der Waals surface area contributed by atoms with Crippen LogP contribution in [0.3, 0.4) is 0 Å². The summed E-state index contributed by atoms with van der Waals surface area (Å²) in [4.78, 5) is 15.6. The fourth-order valence-corrected chi connectivity index (χ4v) is 1.77. The van der Waals surface area contributed by atoms with E-state index in [4.69, 9.17) is 5.26 Å². The summed E-state index contributed by atoms with van der Waals surface area (Å²) in [6, 6.07) is 9.28. The van der Waals surface area contributed by atoms with Gasteiger partial charge in [-0.15, -0.1) is 0 Å². The second-order valence-corrected chi connectivity index (χ2v) is 4.53. The Balaban J connectivity index is 2.26. The predicted octanol–water partition coefficient (Wildman–Crippen LogP) is 3.11. The Hall–Kier alpha value is -2.26. The molecule has 0 aliphatic heterocycles. The molecule has 94 valence electrons. The minimum Gasteiger partial charge on any atom is -0.319 e. The molecule has 1 amide bonds. The highest BCUT2D eigenvalue weighted by atomic mass is 79.9. The molecule has 0 atom stereocenters. The number of hydrogen-bond acceptors (Lipinski definition) is 3. The third-order valence-electron chi connectivity index (χ3n) is 2.31. The van der Waals surface area contributed by atoms with Crippen molar-refractivity contribution < 1.29 is 9.18 Å². The number of hydrogen-bond donors (Lipinski definition) is 1. The van der Waals surface area contributed by atoms with Crippen molar-refractivity contribution >= 4 is 27.5 Å². The zero-order valence-corrected chi connectivity index (χ0v) is 11.1. The van der Waals surface area contributed by atoms with Crippen LogP contribution in [0.5, 0.6) is 0 Å². The number of nitriles is 1. The van der Waals surface area contributed by atoms with Gasteiger partial charge in [-0.2, -0.15) is 5.26 Å². The summed E-state index contributed by atoms with van der Waals surface area (Å²) in [5, 5.41) is 11.5. The first kappa shape index (κ1) is 13.2. The Labute approximate surface area is 117 Å². The topological polar surface area (TPSA) is 65.8 Å². The third-order valence-corrected chi connectivity index (χ3v) is 2.80. The summed E-state index contributed by atoms with van der Waals surface area (Å²) in [6.45, 7) is 0. The van der Waals surface area contributed by atoms with E-state index in [1.165, 1.54) is 6.07 Å². The van der Waals surface area contributed by atoms with Gasteiger partial charge in [-0.1, -0.05) is 15.9 Å². The highest BCUT2D eigenvalue weighted by molar-refractivity contribution is 9.10. The SMILES string of the molecule is N#Cc1ccc(Br)cc1NC(=O)c1ccc(F)cn1. The number of pyridine rings is 1. The van der Waals surface area contributed by atoms with Crippen LogP contribution in [0.1, 0.15) is 16.1 Å². The van der Waals surface area contributed by atoms with Crippen LogP contribution in [0.25, 0.3) is 0 Å². The summed E-state index contributed by atoms with van der Waals surface area (Å²) in [7, 11) is 0. The number of amides is 1. The molecule has 1 aromatic carbocycles. The van der Waals surface area contributed by atoms with Crippen molar-refractivity contribution in [3.8, 4) is 6.07 Å². The highest BCUT2D eigenvalue weighted by Crippen LogP contribution is 2.21. The lowest BCUT2D eigenvalue weighted by Crippen LogP contribution is -2.14. The molecule has 0 saturated carbocycles. The number of nitrogens with zero attached hydrogens (tertiary/aromatic N) is 2. The van der Waals surface area contributed by atoms with E-state index < -0.39 is 11.7 Å². The molecule has 0 unspecified atom stereocenters. The van der Waals surface area contributed by atoms with E-state index in [-0.39, 0.29) is 5.69 Å². The number of carbonyl (C=O) groups excluding carboxylic acids is 1. The molecule has 1 N–H and O–H groups in total. The van der Waals surface area contributed by atoms with Crippen LogP contribution in [0.15, 0.2) is 41.0 Å². The number of anilines is 1. The van der Waals surface area contributed by atoms with Gasteiger partial charge >= 0.3 is 0 Å². The number of benzene rings is 1. The van der Waals surface area contributed by atoms with Crippen LogP contribution in [0.2, 0.25) is 0 Å². The number of nitrogens with one attached hydrogen (secondary N) is 1. The minimum absolute atomic E-state index is 0.0743. The summed E-state index contributed by atoms with van der Waals surface area (Å²) < 4.78 is 13.4. The Morgan fingerprint density at radius 2 is 2.16 bits per heavy atom. The highest BCUT2D eigenvalue weighted by Gasteiger charge is 2.10. The van der Waals surface area contributed by atoms with Gasteiger partial charge in [-0.25, -0.2) is 9.37 Å². The van der Waals surface area contributed by atoms with Gasteiger partial charge in [0.2, 0.25) is 0 Å². The largest absolute Gasteiger partial charge is 0.319 e. The molecule has 0 fully saturated rings. The molecular formula is C13H7BrFN3O. The third kappa shape index (κ3) is 3.14. The fourth-order valence-electron chi connectivity index (χ4n) is 1.41. The Bertz CT molecular complexity index is 665. The molecule has 0 aliphatic carbocycles. The summed E-state index contributed by atoms with van der Waals surface area (Å²) >= 11 is 3.26. The van der Waals surface area contributed by atoms with Gasteiger partial charge in [-0.05, 0) is 30.3 Å². The summed E-state index contributed by atoms with van der Waals surface area (Å²) in [5.74, 6) is -1.02. The van der Waals surface area contributed by atoms with Crippen molar-refractivity contribution in [2.24, 2.45) is 0 Å². The summed E-state index contributed by atoms with van der Waals surface area (Å²) in [5.41, 5.74) is 0.775. The molecule has 4 nitrogen and oxygen atoms in total. The number of halogens is 2. The van der Waals surface area contributed by atoms with Crippen LogP contribution in [0, 0.1) is 17.1 Å². The lowest BCUT2D eigenvalue weighted by Gasteiger charge is -2.07. The van der Waals surface area contributed by atoms with Crippen molar-refractivity contribution in [1.29, 1.82) is 5.26 Å². The average molecular weight is 320 g/mol. The van der Waals surface area contributed by atoms with Gasteiger partial charge in [0.25, 0.3) is 5.91 Å². The Morgan fingerprint density at radius 3 is 2.79 bits per heavy atom. The lowest BCUT2D eigenvalue weighted by atomic mass is 10.2. The smallest absolute Gasteiger partial charge is 0.274 e. The van der Waals surface area contributed by atoms with Crippen LogP contribution >= 0.6 is 15.9 Å². The molecule has 0 bridgehead atoms. The van der Waals surface area contributed by atoms with Crippen molar-refractivity contribution in [2.75, 3.05) is 5.32 Å². The maximum absolute atomic E-state index is 12.7. The molecule has 19 heavy (non-hydrogen) atoms. The van der Waals surface area contributed by atoms with Gasteiger partial charge < -0.3 is 5.32 Å². The van der Waals surface area contributed by atoms with Crippen LogP contribution in [-0.2, 0) is 0 Å². The molecule has 6 heteroatoms. The Kier molecular flexibility index (Phi) is 3.88.